The van der Waals surface area contributed by atoms with Gasteiger partial charge in [-0.05, 0) is 61.1 Å². The maximum absolute atomic E-state index is 14.1. The molecular formula is C15H21BrFNO. The normalized spacial score (nSPS) is 21.3. The van der Waals surface area contributed by atoms with Gasteiger partial charge in [0.05, 0.1) is 10.6 Å². The first-order chi connectivity index (χ1) is 9.22. The van der Waals surface area contributed by atoms with Crippen LogP contribution in [-0.2, 0) is 4.74 Å². The number of benzene rings is 1. The van der Waals surface area contributed by atoms with E-state index in [1.807, 2.05) is 19.2 Å². The number of hydrogen-bond donors (Lipinski definition) is 1. The van der Waals surface area contributed by atoms with Crippen LogP contribution in [0, 0.1) is 5.82 Å². The molecule has 4 heteroatoms. The largest absolute Gasteiger partial charge is 0.378 e. The van der Waals surface area contributed by atoms with Crippen molar-refractivity contribution in [3.8, 4) is 0 Å². The summed E-state index contributed by atoms with van der Waals surface area (Å²) in [5.74, 6) is -0.161. The summed E-state index contributed by atoms with van der Waals surface area (Å²) in [6.07, 6.45) is 5.79. The molecule has 0 bridgehead atoms. The summed E-state index contributed by atoms with van der Waals surface area (Å²) >= 11 is 3.24. The molecule has 2 atom stereocenters. The Hall–Kier alpha value is -0.450. The van der Waals surface area contributed by atoms with Crippen molar-refractivity contribution >= 4 is 15.9 Å². The zero-order chi connectivity index (χ0) is 13.7. The van der Waals surface area contributed by atoms with Gasteiger partial charge >= 0.3 is 0 Å². The second-order valence-corrected chi connectivity index (χ2v) is 5.90. The van der Waals surface area contributed by atoms with E-state index in [0.717, 1.165) is 31.4 Å². The fourth-order valence-corrected chi connectivity index (χ4v) is 3.01. The zero-order valence-corrected chi connectivity index (χ0v) is 12.9. The zero-order valence-electron chi connectivity index (χ0n) is 11.3. The van der Waals surface area contributed by atoms with Crippen molar-refractivity contribution < 1.29 is 9.13 Å². The molecule has 1 N–H and O–H groups in total. The first-order valence-corrected chi connectivity index (χ1v) is 7.74. The van der Waals surface area contributed by atoms with Gasteiger partial charge in [0.1, 0.15) is 5.82 Å². The van der Waals surface area contributed by atoms with E-state index in [1.165, 1.54) is 12.8 Å². The molecule has 1 saturated heterocycles. The van der Waals surface area contributed by atoms with Gasteiger partial charge in [-0.3, -0.25) is 0 Å². The van der Waals surface area contributed by atoms with Gasteiger partial charge in [0.2, 0.25) is 0 Å². The SMILES string of the molecule is CNC(CCC1CCCCO1)c1cccc(Br)c1F. The summed E-state index contributed by atoms with van der Waals surface area (Å²) in [6.45, 7) is 0.875. The van der Waals surface area contributed by atoms with Gasteiger partial charge in [-0.1, -0.05) is 12.1 Å². The molecule has 0 radical (unpaired) electrons. The molecule has 2 nitrogen and oxygen atoms in total. The lowest BCUT2D eigenvalue weighted by Gasteiger charge is -2.25. The van der Waals surface area contributed by atoms with Crippen LogP contribution in [0.3, 0.4) is 0 Å². The molecular weight excluding hydrogens is 309 g/mol. The van der Waals surface area contributed by atoms with E-state index in [4.69, 9.17) is 4.74 Å². The molecule has 1 aliphatic heterocycles. The number of rotatable bonds is 5. The van der Waals surface area contributed by atoms with Crippen LogP contribution in [0.5, 0.6) is 0 Å². The molecule has 0 saturated carbocycles. The average molecular weight is 330 g/mol. The Labute approximate surface area is 122 Å². The summed E-state index contributed by atoms with van der Waals surface area (Å²) in [4.78, 5) is 0. The highest BCUT2D eigenvalue weighted by Crippen LogP contribution is 2.28. The van der Waals surface area contributed by atoms with E-state index >= 15 is 0 Å². The molecule has 106 valence electrons. The topological polar surface area (TPSA) is 21.3 Å². The Morgan fingerprint density at radius 3 is 3.00 bits per heavy atom. The Bertz CT molecular complexity index is 407. The summed E-state index contributed by atoms with van der Waals surface area (Å²) < 4.78 is 20.3. The standard InChI is InChI=1S/C15H21BrFNO/c1-18-14(9-8-11-5-2-3-10-19-11)12-6-4-7-13(16)15(12)17/h4,6-7,11,14,18H,2-3,5,8-10H2,1H3. The van der Waals surface area contributed by atoms with E-state index in [-0.39, 0.29) is 11.9 Å². The lowest BCUT2D eigenvalue weighted by Crippen LogP contribution is -2.23. The van der Waals surface area contributed by atoms with Gasteiger partial charge in [-0.15, -0.1) is 0 Å². The molecule has 19 heavy (non-hydrogen) atoms. The number of halogens is 2. The van der Waals surface area contributed by atoms with Gasteiger partial charge in [0.25, 0.3) is 0 Å². The third-order valence-corrected chi connectivity index (χ3v) is 4.37. The molecule has 2 unspecified atom stereocenters. The highest BCUT2D eigenvalue weighted by atomic mass is 79.9. The van der Waals surface area contributed by atoms with Crippen molar-refractivity contribution in [2.75, 3.05) is 13.7 Å². The molecule has 1 fully saturated rings. The van der Waals surface area contributed by atoms with Crippen LogP contribution in [0.15, 0.2) is 22.7 Å². The summed E-state index contributed by atoms with van der Waals surface area (Å²) in [5.41, 5.74) is 0.729. The minimum atomic E-state index is -0.161. The van der Waals surface area contributed by atoms with Gasteiger partial charge in [-0.25, -0.2) is 4.39 Å². The second-order valence-electron chi connectivity index (χ2n) is 5.05. The van der Waals surface area contributed by atoms with Crippen LogP contribution in [0.4, 0.5) is 4.39 Å². The number of ether oxygens (including phenoxy) is 1. The van der Waals surface area contributed by atoms with Crippen molar-refractivity contribution in [1.82, 2.24) is 5.32 Å². The third kappa shape index (κ3) is 4.01. The minimum Gasteiger partial charge on any atom is -0.378 e. The van der Waals surface area contributed by atoms with Crippen LogP contribution in [0.1, 0.15) is 43.7 Å². The average Bonchev–Trinajstić information content (AvgIpc) is 2.45. The van der Waals surface area contributed by atoms with E-state index < -0.39 is 0 Å². The molecule has 0 aliphatic carbocycles. The first-order valence-electron chi connectivity index (χ1n) is 6.95. The van der Waals surface area contributed by atoms with E-state index in [0.29, 0.717) is 10.6 Å². The molecule has 0 spiro atoms. The minimum absolute atomic E-state index is 0.0445. The fraction of sp³-hybridized carbons (Fsp3) is 0.600. The summed E-state index contributed by atoms with van der Waals surface area (Å²) in [5, 5.41) is 3.21. The molecule has 0 amide bonds. The first kappa shape index (κ1) is 14.9. The lowest BCUT2D eigenvalue weighted by molar-refractivity contribution is 0.00860. The number of nitrogens with one attached hydrogen (secondary N) is 1. The third-order valence-electron chi connectivity index (χ3n) is 3.76. The van der Waals surface area contributed by atoms with E-state index in [9.17, 15) is 4.39 Å². The van der Waals surface area contributed by atoms with Crippen LogP contribution >= 0.6 is 15.9 Å². The van der Waals surface area contributed by atoms with Gasteiger partial charge in [0, 0.05) is 18.2 Å². The highest BCUT2D eigenvalue weighted by Gasteiger charge is 2.19. The van der Waals surface area contributed by atoms with Crippen LogP contribution in [-0.4, -0.2) is 19.8 Å². The summed E-state index contributed by atoms with van der Waals surface area (Å²) in [6, 6.07) is 5.51. The fourth-order valence-electron chi connectivity index (χ4n) is 2.63. The molecule has 2 rings (SSSR count). The van der Waals surface area contributed by atoms with Gasteiger partial charge < -0.3 is 10.1 Å². The second kappa shape index (κ2) is 7.36. The van der Waals surface area contributed by atoms with Crippen molar-refractivity contribution in [3.05, 3.63) is 34.1 Å². The maximum atomic E-state index is 14.1. The number of hydrogen-bond acceptors (Lipinski definition) is 2. The predicted octanol–water partition coefficient (Wildman–Crippen LogP) is 4.20. The quantitative estimate of drug-likeness (QED) is 0.874. The molecule has 0 aromatic heterocycles. The Kier molecular flexibility index (Phi) is 5.79. The van der Waals surface area contributed by atoms with E-state index in [2.05, 4.69) is 21.2 Å². The van der Waals surface area contributed by atoms with E-state index in [1.54, 1.807) is 6.07 Å². The molecule has 1 aromatic rings. The predicted molar refractivity (Wildman–Crippen MR) is 78.7 cm³/mol. The van der Waals surface area contributed by atoms with Gasteiger partial charge in [-0.2, -0.15) is 0 Å². The van der Waals surface area contributed by atoms with Gasteiger partial charge in [0.15, 0.2) is 0 Å². The molecule has 1 heterocycles. The monoisotopic (exact) mass is 329 g/mol. The Morgan fingerprint density at radius 1 is 1.47 bits per heavy atom. The van der Waals surface area contributed by atoms with Crippen LogP contribution < -0.4 is 5.32 Å². The van der Waals surface area contributed by atoms with Crippen molar-refractivity contribution in [2.24, 2.45) is 0 Å². The van der Waals surface area contributed by atoms with Crippen molar-refractivity contribution in [3.63, 3.8) is 0 Å². The van der Waals surface area contributed by atoms with Crippen molar-refractivity contribution in [1.29, 1.82) is 0 Å². The highest BCUT2D eigenvalue weighted by molar-refractivity contribution is 9.10. The molecule has 1 aromatic carbocycles. The smallest absolute Gasteiger partial charge is 0.142 e. The Morgan fingerprint density at radius 2 is 2.32 bits per heavy atom. The molecule has 1 aliphatic rings. The Balaban J connectivity index is 1.97. The maximum Gasteiger partial charge on any atom is 0.142 e. The lowest BCUT2D eigenvalue weighted by atomic mass is 9.97. The van der Waals surface area contributed by atoms with Crippen LogP contribution in [0.2, 0.25) is 0 Å². The summed E-state index contributed by atoms with van der Waals surface area (Å²) in [7, 11) is 1.88. The van der Waals surface area contributed by atoms with Crippen molar-refractivity contribution in [2.45, 2.75) is 44.2 Å². The van der Waals surface area contributed by atoms with Crippen LogP contribution in [0.25, 0.3) is 0 Å².